The fraction of sp³-hybridized carbons (Fsp3) is 0.250. The molecule has 2 aromatic rings. The van der Waals surface area contributed by atoms with E-state index in [4.69, 9.17) is 11.6 Å². The van der Waals surface area contributed by atoms with Crippen LogP contribution >= 0.6 is 11.6 Å². The summed E-state index contributed by atoms with van der Waals surface area (Å²) in [6.45, 7) is 0.613. The van der Waals surface area contributed by atoms with Crippen LogP contribution in [-0.2, 0) is 6.54 Å². The van der Waals surface area contributed by atoms with Gasteiger partial charge in [-0.25, -0.2) is 8.78 Å². The van der Waals surface area contributed by atoms with Crippen LogP contribution in [0, 0.1) is 11.6 Å². The monoisotopic (exact) mass is 293 g/mol. The SMILES string of the molecule is Fc1ccc(CNC2CC2)c(-c2ccc(Cl)cc2F)c1. The average molecular weight is 294 g/mol. The molecule has 20 heavy (non-hydrogen) atoms. The third kappa shape index (κ3) is 3.00. The normalized spacial score (nSPS) is 14.6. The summed E-state index contributed by atoms with van der Waals surface area (Å²) in [5, 5.41) is 3.70. The predicted octanol–water partition coefficient (Wildman–Crippen LogP) is 4.54. The standard InChI is InChI=1S/C16H14ClF2N/c17-11-2-6-14(16(19)7-11)15-8-12(18)3-1-10(15)9-20-13-4-5-13/h1-3,6-8,13,20H,4-5,9H2. The van der Waals surface area contributed by atoms with E-state index in [1.54, 1.807) is 18.2 Å². The number of benzene rings is 2. The number of halogens is 3. The molecule has 0 radical (unpaired) electrons. The van der Waals surface area contributed by atoms with Crippen LogP contribution in [0.3, 0.4) is 0 Å². The minimum atomic E-state index is -0.434. The van der Waals surface area contributed by atoms with E-state index in [9.17, 15) is 8.78 Å². The van der Waals surface area contributed by atoms with Gasteiger partial charge in [0.15, 0.2) is 0 Å². The van der Waals surface area contributed by atoms with Gasteiger partial charge in [0.1, 0.15) is 11.6 Å². The molecule has 3 rings (SSSR count). The van der Waals surface area contributed by atoms with Crippen molar-refractivity contribution in [1.29, 1.82) is 0 Å². The summed E-state index contributed by atoms with van der Waals surface area (Å²) in [5.41, 5.74) is 1.84. The van der Waals surface area contributed by atoms with Gasteiger partial charge in [-0.05, 0) is 54.3 Å². The topological polar surface area (TPSA) is 12.0 Å². The molecule has 1 fully saturated rings. The van der Waals surface area contributed by atoms with Crippen molar-refractivity contribution in [3.63, 3.8) is 0 Å². The van der Waals surface area contributed by atoms with Gasteiger partial charge in [0.2, 0.25) is 0 Å². The molecule has 0 aromatic heterocycles. The Kier molecular flexibility index (Phi) is 3.72. The molecule has 0 spiro atoms. The first kappa shape index (κ1) is 13.5. The van der Waals surface area contributed by atoms with Crippen molar-refractivity contribution >= 4 is 11.6 Å². The van der Waals surface area contributed by atoms with Crippen LogP contribution in [0.5, 0.6) is 0 Å². The molecule has 0 aliphatic heterocycles. The fourth-order valence-corrected chi connectivity index (χ4v) is 2.36. The Bertz CT molecular complexity index is 638. The lowest BCUT2D eigenvalue weighted by atomic mass is 9.99. The molecule has 104 valence electrons. The van der Waals surface area contributed by atoms with Crippen molar-refractivity contribution < 1.29 is 8.78 Å². The van der Waals surface area contributed by atoms with E-state index in [1.165, 1.54) is 31.0 Å². The molecule has 0 heterocycles. The first-order chi connectivity index (χ1) is 9.63. The van der Waals surface area contributed by atoms with E-state index in [-0.39, 0.29) is 5.82 Å². The van der Waals surface area contributed by atoms with E-state index in [1.807, 2.05) is 0 Å². The highest BCUT2D eigenvalue weighted by Crippen LogP contribution is 2.30. The van der Waals surface area contributed by atoms with Crippen LogP contribution in [-0.4, -0.2) is 6.04 Å². The van der Waals surface area contributed by atoms with Gasteiger partial charge in [0.05, 0.1) is 0 Å². The van der Waals surface area contributed by atoms with Crippen LogP contribution in [0.1, 0.15) is 18.4 Å². The molecule has 0 atom stereocenters. The zero-order valence-corrected chi connectivity index (χ0v) is 11.6. The lowest BCUT2D eigenvalue weighted by Gasteiger charge is -2.12. The maximum absolute atomic E-state index is 14.0. The fourth-order valence-electron chi connectivity index (χ4n) is 2.20. The zero-order valence-electron chi connectivity index (χ0n) is 10.8. The number of hydrogen-bond acceptors (Lipinski definition) is 1. The van der Waals surface area contributed by atoms with Crippen LogP contribution < -0.4 is 5.32 Å². The molecular formula is C16H14ClF2N. The molecule has 1 nitrogen and oxygen atoms in total. The van der Waals surface area contributed by atoms with Gasteiger partial charge < -0.3 is 5.32 Å². The van der Waals surface area contributed by atoms with Crippen LogP contribution in [0.15, 0.2) is 36.4 Å². The molecule has 2 aromatic carbocycles. The maximum Gasteiger partial charge on any atom is 0.132 e. The average Bonchev–Trinajstić information content (AvgIpc) is 3.21. The van der Waals surface area contributed by atoms with Crippen molar-refractivity contribution in [2.45, 2.75) is 25.4 Å². The third-order valence-corrected chi connectivity index (χ3v) is 3.69. The predicted molar refractivity (Wildman–Crippen MR) is 76.7 cm³/mol. The van der Waals surface area contributed by atoms with Crippen molar-refractivity contribution in [2.24, 2.45) is 0 Å². The summed E-state index contributed by atoms with van der Waals surface area (Å²) in [7, 11) is 0. The minimum absolute atomic E-state index is 0.334. The van der Waals surface area contributed by atoms with Gasteiger partial charge in [-0.3, -0.25) is 0 Å². The summed E-state index contributed by atoms with van der Waals surface area (Å²) >= 11 is 5.76. The third-order valence-electron chi connectivity index (χ3n) is 3.45. The Morgan fingerprint density at radius 2 is 1.85 bits per heavy atom. The number of nitrogens with one attached hydrogen (secondary N) is 1. The van der Waals surface area contributed by atoms with Gasteiger partial charge in [-0.2, -0.15) is 0 Å². The Balaban J connectivity index is 1.98. The molecule has 0 unspecified atom stereocenters. The first-order valence-electron chi connectivity index (χ1n) is 6.61. The molecule has 1 aliphatic carbocycles. The van der Waals surface area contributed by atoms with Crippen molar-refractivity contribution in [3.05, 3.63) is 58.6 Å². The second kappa shape index (κ2) is 5.51. The highest BCUT2D eigenvalue weighted by molar-refractivity contribution is 6.30. The molecule has 1 aliphatic rings. The quantitative estimate of drug-likeness (QED) is 0.873. The number of hydrogen-bond donors (Lipinski definition) is 1. The lowest BCUT2D eigenvalue weighted by Crippen LogP contribution is -2.16. The van der Waals surface area contributed by atoms with E-state index in [0.29, 0.717) is 28.7 Å². The van der Waals surface area contributed by atoms with E-state index in [2.05, 4.69) is 5.32 Å². The van der Waals surface area contributed by atoms with Crippen LogP contribution in [0.25, 0.3) is 11.1 Å². The van der Waals surface area contributed by atoms with Crippen molar-refractivity contribution in [1.82, 2.24) is 5.32 Å². The zero-order chi connectivity index (χ0) is 14.1. The van der Waals surface area contributed by atoms with Gasteiger partial charge in [0, 0.05) is 23.2 Å². The Hall–Kier alpha value is -1.45. The van der Waals surface area contributed by atoms with Crippen LogP contribution in [0.2, 0.25) is 5.02 Å². The molecule has 0 amide bonds. The van der Waals surface area contributed by atoms with E-state index >= 15 is 0 Å². The smallest absolute Gasteiger partial charge is 0.132 e. The van der Waals surface area contributed by atoms with E-state index in [0.717, 1.165) is 5.56 Å². The first-order valence-corrected chi connectivity index (χ1v) is 6.98. The molecule has 0 saturated heterocycles. The summed E-state index contributed by atoms with van der Waals surface area (Å²) < 4.78 is 27.5. The molecule has 1 N–H and O–H groups in total. The Labute approximate surface area is 121 Å². The minimum Gasteiger partial charge on any atom is -0.310 e. The van der Waals surface area contributed by atoms with Crippen molar-refractivity contribution in [2.75, 3.05) is 0 Å². The summed E-state index contributed by atoms with van der Waals surface area (Å²) in [6.07, 6.45) is 2.34. The summed E-state index contributed by atoms with van der Waals surface area (Å²) in [4.78, 5) is 0. The summed E-state index contributed by atoms with van der Waals surface area (Å²) in [5.74, 6) is -0.805. The van der Waals surface area contributed by atoms with E-state index < -0.39 is 5.82 Å². The van der Waals surface area contributed by atoms with Gasteiger partial charge in [0.25, 0.3) is 0 Å². The lowest BCUT2D eigenvalue weighted by molar-refractivity contribution is 0.621. The highest BCUT2D eigenvalue weighted by atomic mass is 35.5. The van der Waals surface area contributed by atoms with Gasteiger partial charge in [-0.1, -0.05) is 17.7 Å². The van der Waals surface area contributed by atoms with Gasteiger partial charge >= 0.3 is 0 Å². The Morgan fingerprint density at radius 3 is 2.55 bits per heavy atom. The summed E-state index contributed by atoms with van der Waals surface area (Å²) in [6, 6.07) is 9.48. The second-order valence-corrected chi connectivity index (χ2v) is 5.52. The largest absolute Gasteiger partial charge is 0.310 e. The van der Waals surface area contributed by atoms with Gasteiger partial charge in [-0.15, -0.1) is 0 Å². The molecular weight excluding hydrogens is 280 g/mol. The highest BCUT2D eigenvalue weighted by Gasteiger charge is 2.21. The molecule has 1 saturated carbocycles. The second-order valence-electron chi connectivity index (χ2n) is 5.08. The molecule has 4 heteroatoms. The maximum atomic E-state index is 14.0. The van der Waals surface area contributed by atoms with Crippen LogP contribution in [0.4, 0.5) is 8.78 Å². The Morgan fingerprint density at radius 1 is 1.05 bits per heavy atom. The van der Waals surface area contributed by atoms with Crippen molar-refractivity contribution in [3.8, 4) is 11.1 Å². The number of rotatable bonds is 4. The molecule has 0 bridgehead atoms.